The van der Waals surface area contributed by atoms with Gasteiger partial charge in [-0.3, -0.25) is 4.57 Å². The number of H-pyrrole nitrogens is 1. The van der Waals surface area contributed by atoms with Gasteiger partial charge in [0.05, 0.1) is 19.5 Å². The predicted octanol–water partition coefficient (Wildman–Crippen LogP) is 0.505. The second-order valence-electron chi connectivity index (χ2n) is 8.29. The molecule has 3 aromatic heterocycles. The number of rotatable bonds is 8. The van der Waals surface area contributed by atoms with Crippen molar-refractivity contribution in [1.82, 2.24) is 24.5 Å². The van der Waals surface area contributed by atoms with Gasteiger partial charge in [-0.1, -0.05) is 18.2 Å². The number of hydrogen-bond donors (Lipinski definition) is 5. The highest BCUT2D eigenvalue weighted by atomic mass is 16.6. The fraction of sp³-hybridized carbons (Fsp3) is 0.391. The van der Waals surface area contributed by atoms with E-state index in [1.54, 1.807) is 6.92 Å². The largest absolute Gasteiger partial charge is 0.464 e. The second kappa shape index (κ2) is 9.58. The van der Waals surface area contributed by atoms with Crippen molar-refractivity contribution in [2.24, 2.45) is 0 Å². The van der Waals surface area contributed by atoms with Gasteiger partial charge in [0.25, 0.3) is 0 Å². The molecule has 1 aromatic carbocycles. The highest BCUT2D eigenvalue weighted by Gasteiger charge is 2.44. The van der Waals surface area contributed by atoms with Crippen molar-refractivity contribution in [3.8, 4) is 0 Å². The summed E-state index contributed by atoms with van der Waals surface area (Å²) in [5, 5.41) is 34.1. The Morgan fingerprint density at radius 1 is 1.26 bits per heavy atom. The fourth-order valence-corrected chi connectivity index (χ4v) is 4.38. The molecule has 0 bridgehead atoms. The number of carbonyl (C=O) groups excluding carboxylic acids is 1. The van der Waals surface area contributed by atoms with Crippen molar-refractivity contribution in [2.75, 3.05) is 18.5 Å². The summed E-state index contributed by atoms with van der Waals surface area (Å²) in [6, 6.07) is 7.06. The molecule has 1 fully saturated rings. The number of nitrogens with one attached hydrogen (secondary N) is 2. The van der Waals surface area contributed by atoms with Crippen LogP contribution in [0.25, 0.3) is 22.1 Å². The summed E-state index contributed by atoms with van der Waals surface area (Å²) in [6.45, 7) is 1.52. The zero-order valence-electron chi connectivity index (χ0n) is 18.9. The van der Waals surface area contributed by atoms with Gasteiger partial charge in [-0.25, -0.2) is 19.7 Å². The van der Waals surface area contributed by atoms with E-state index >= 15 is 0 Å². The molecule has 5 rings (SSSR count). The van der Waals surface area contributed by atoms with Crippen molar-refractivity contribution in [2.45, 2.75) is 43.9 Å². The number of carbonyl (C=O) groups is 1. The molecule has 5 N–H and O–H groups in total. The maximum atomic E-state index is 12.8. The van der Waals surface area contributed by atoms with E-state index in [2.05, 4.69) is 25.3 Å². The molecule has 0 aliphatic carbocycles. The van der Waals surface area contributed by atoms with Crippen LogP contribution in [0.2, 0.25) is 0 Å². The Morgan fingerprint density at radius 3 is 2.86 bits per heavy atom. The number of fused-ring (bicyclic) bond motifs is 2. The van der Waals surface area contributed by atoms with E-state index in [1.165, 1.54) is 17.2 Å². The van der Waals surface area contributed by atoms with Crippen molar-refractivity contribution in [3.05, 3.63) is 48.7 Å². The van der Waals surface area contributed by atoms with E-state index < -0.39 is 43.2 Å². The van der Waals surface area contributed by atoms with Gasteiger partial charge < -0.3 is 35.1 Å². The summed E-state index contributed by atoms with van der Waals surface area (Å²) in [5.41, 5.74) is 2.57. The highest BCUT2D eigenvalue weighted by Crippen LogP contribution is 2.32. The first-order valence-corrected chi connectivity index (χ1v) is 11.3. The number of aliphatic hydroxyl groups is 3. The smallest absolute Gasteiger partial charge is 0.328 e. The molecule has 1 saturated heterocycles. The maximum Gasteiger partial charge on any atom is 0.328 e. The molecular weight excluding hydrogens is 456 g/mol. The molecule has 0 radical (unpaired) electrons. The Kier molecular flexibility index (Phi) is 6.34. The minimum absolute atomic E-state index is 0.226. The second-order valence-corrected chi connectivity index (χ2v) is 8.29. The lowest BCUT2D eigenvalue weighted by Crippen LogP contribution is -2.34. The predicted molar refractivity (Wildman–Crippen MR) is 124 cm³/mol. The third kappa shape index (κ3) is 4.21. The number of esters is 1. The average molecular weight is 482 g/mol. The van der Waals surface area contributed by atoms with Gasteiger partial charge in [0.1, 0.15) is 30.7 Å². The van der Waals surface area contributed by atoms with E-state index in [1.807, 2.05) is 30.5 Å². The zero-order chi connectivity index (χ0) is 24.5. The van der Waals surface area contributed by atoms with Crippen LogP contribution in [-0.4, -0.2) is 83.4 Å². The summed E-state index contributed by atoms with van der Waals surface area (Å²) in [6.07, 6.45) is 0.436. The van der Waals surface area contributed by atoms with E-state index in [-0.39, 0.29) is 6.61 Å². The van der Waals surface area contributed by atoms with Crippen LogP contribution < -0.4 is 5.32 Å². The van der Waals surface area contributed by atoms with Gasteiger partial charge >= 0.3 is 5.97 Å². The number of aromatic nitrogens is 5. The molecule has 0 amide bonds. The van der Waals surface area contributed by atoms with Crippen molar-refractivity contribution < 1.29 is 29.6 Å². The first-order valence-electron chi connectivity index (χ1n) is 11.3. The fourth-order valence-electron chi connectivity index (χ4n) is 4.38. The van der Waals surface area contributed by atoms with Crippen LogP contribution >= 0.6 is 0 Å². The number of imidazole rings is 1. The number of anilines is 1. The van der Waals surface area contributed by atoms with Gasteiger partial charge in [-0.15, -0.1) is 0 Å². The number of benzene rings is 1. The Balaban J connectivity index is 1.46. The van der Waals surface area contributed by atoms with Crippen LogP contribution in [0, 0.1) is 0 Å². The molecule has 4 aromatic rings. The molecule has 1 unspecified atom stereocenters. The summed E-state index contributed by atoms with van der Waals surface area (Å²) < 4.78 is 12.4. The first kappa shape index (κ1) is 23.2. The maximum absolute atomic E-state index is 12.8. The molecule has 12 heteroatoms. The van der Waals surface area contributed by atoms with Crippen molar-refractivity contribution in [3.63, 3.8) is 0 Å². The number of aliphatic hydroxyl groups excluding tert-OH is 3. The molecular formula is C23H26N6O6. The molecule has 0 saturated carbocycles. The van der Waals surface area contributed by atoms with Crippen molar-refractivity contribution >= 4 is 33.9 Å². The van der Waals surface area contributed by atoms with E-state index in [0.29, 0.717) is 23.4 Å². The van der Waals surface area contributed by atoms with Gasteiger partial charge in [0, 0.05) is 23.5 Å². The summed E-state index contributed by atoms with van der Waals surface area (Å²) >= 11 is 0. The normalized spacial score (nSPS) is 23.1. The monoisotopic (exact) mass is 482 g/mol. The highest BCUT2D eigenvalue weighted by molar-refractivity contribution is 5.88. The third-order valence-electron chi connectivity index (χ3n) is 6.13. The van der Waals surface area contributed by atoms with E-state index in [4.69, 9.17) is 9.47 Å². The number of nitrogens with zero attached hydrogens (tertiary/aromatic N) is 4. The van der Waals surface area contributed by atoms with E-state index in [9.17, 15) is 20.1 Å². The first-order chi connectivity index (χ1) is 17.0. The van der Waals surface area contributed by atoms with Crippen molar-refractivity contribution in [1.29, 1.82) is 0 Å². The Morgan fingerprint density at radius 2 is 2.09 bits per heavy atom. The van der Waals surface area contributed by atoms with Crippen LogP contribution in [0.5, 0.6) is 0 Å². The van der Waals surface area contributed by atoms with Crippen LogP contribution in [0.3, 0.4) is 0 Å². The Bertz CT molecular complexity index is 1340. The van der Waals surface area contributed by atoms with Crippen LogP contribution in [0.1, 0.15) is 18.7 Å². The quantitative estimate of drug-likeness (QED) is 0.223. The lowest BCUT2D eigenvalue weighted by atomic mass is 10.0. The molecule has 12 nitrogen and oxygen atoms in total. The molecule has 35 heavy (non-hydrogen) atoms. The van der Waals surface area contributed by atoms with E-state index in [0.717, 1.165) is 16.5 Å². The summed E-state index contributed by atoms with van der Waals surface area (Å²) in [4.78, 5) is 28.9. The molecule has 184 valence electrons. The molecule has 1 aliphatic heterocycles. The molecule has 4 heterocycles. The van der Waals surface area contributed by atoms with Crippen LogP contribution in [0.15, 0.2) is 43.1 Å². The number of aromatic amines is 1. The van der Waals surface area contributed by atoms with Gasteiger partial charge in [0.15, 0.2) is 23.2 Å². The number of ether oxygens (including phenoxy) is 2. The Hall–Kier alpha value is -3.58. The van der Waals surface area contributed by atoms with Gasteiger partial charge in [0.2, 0.25) is 0 Å². The molecule has 5 atom stereocenters. The topological polar surface area (TPSA) is 168 Å². The minimum atomic E-state index is -1.29. The average Bonchev–Trinajstić information content (AvgIpc) is 3.56. The standard InChI is InChI=1S/C23H26N6O6/c1-2-34-23(33)15(7-12-8-24-14-6-4-3-5-13(12)14)28-20-17-21(26-10-25-20)29(11-27-17)22-19(32)18(31)16(9-30)35-22/h3-6,8,10-11,15-16,18-19,22,24,30-32H,2,7,9H2,1H3,(H,25,26,28)/t15-,16-,18+,19?,22-/m1/s1. The summed E-state index contributed by atoms with van der Waals surface area (Å²) in [5.74, 6) is -0.133. The molecule has 1 aliphatic rings. The lowest BCUT2D eigenvalue weighted by molar-refractivity contribution is -0.144. The van der Waals surface area contributed by atoms with Gasteiger partial charge in [-0.05, 0) is 18.6 Å². The molecule has 0 spiro atoms. The zero-order valence-corrected chi connectivity index (χ0v) is 18.9. The number of hydrogen-bond acceptors (Lipinski definition) is 10. The van der Waals surface area contributed by atoms with Crippen LogP contribution in [-0.2, 0) is 20.7 Å². The lowest BCUT2D eigenvalue weighted by Gasteiger charge is -2.18. The third-order valence-corrected chi connectivity index (χ3v) is 6.13. The van der Waals surface area contributed by atoms with Gasteiger partial charge in [-0.2, -0.15) is 0 Å². The summed E-state index contributed by atoms with van der Waals surface area (Å²) in [7, 11) is 0. The van der Waals surface area contributed by atoms with Crippen LogP contribution in [0.4, 0.5) is 5.82 Å². The Labute approximate surface area is 199 Å². The number of para-hydroxylation sites is 1. The minimum Gasteiger partial charge on any atom is -0.464 e. The SMILES string of the molecule is CCOC(=O)[C@@H](Cc1c[nH]c2ccccc12)Nc1ncnc2c1ncn2[C@@H]1O[C@H](CO)[C@H](O)C1O.